The number of imidazole rings is 1. The third-order valence-electron chi connectivity index (χ3n) is 7.19. The Balaban J connectivity index is 1.17. The van der Waals surface area contributed by atoms with Gasteiger partial charge in [0.1, 0.15) is 19.0 Å². The lowest BCUT2D eigenvalue weighted by Crippen LogP contribution is -2.20. The molecule has 9 heteroatoms. The number of hydrogen-bond acceptors (Lipinski definition) is 8. The van der Waals surface area contributed by atoms with E-state index in [9.17, 15) is 15.0 Å². The smallest absolute Gasteiger partial charge is 0.305 e. The van der Waals surface area contributed by atoms with Crippen molar-refractivity contribution >= 4 is 17.1 Å². The number of aromatic nitrogens is 4. The number of fused-ring (bicyclic) bond motifs is 1. The number of aliphatic hydroxyl groups excluding tert-OH is 1. The highest BCUT2D eigenvalue weighted by atomic mass is 16.6. The second kappa shape index (κ2) is 16.6. The summed E-state index contributed by atoms with van der Waals surface area (Å²) in [5, 5.41) is 20.3. The molecule has 2 aromatic heterocycles. The number of hydrogen-bond donors (Lipinski definition) is 2. The van der Waals surface area contributed by atoms with Crippen molar-refractivity contribution in [2.45, 2.75) is 135 Å². The van der Waals surface area contributed by atoms with E-state index >= 15 is 0 Å². The first-order valence-corrected chi connectivity index (χ1v) is 14.5. The van der Waals surface area contributed by atoms with Crippen molar-refractivity contribution in [3.8, 4) is 5.88 Å². The van der Waals surface area contributed by atoms with Gasteiger partial charge in [0, 0.05) is 12.8 Å². The molecule has 2 aromatic rings. The van der Waals surface area contributed by atoms with Crippen molar-refractivity contribution in [1.82, 2.24) is 19.5 Å². The molecule has 1 aliphatic heterocycles. The number of carbonyl (C=O) groups excluding carboxylic acids is 1. The molecular weight excluding hydrogens is 472 g/mol. The maximum atomic E-state index is 12.1. The number of rotatable bonds is 19. The van der Waals surface area contributed by atoms with Gasteiger partial charge in [0.05, 0.1) is 12.4 Å². The molecule has 0 spiro atoms. The average molecular weight is 519 g/mol. The molecule has 3 heterocycles. The van der Waals surface area contributed by atoms with Crippen molar-refractivity contribution < 1.29 is 24.5 Å². The summed E-state index contributed by atoms with van der Waals surface area (Å²) in [5.41, 5.74) is 0.624. The van der Waals surface area contributed by atoms with Crippen LogP contribution in [0.5, 0.6) is 5.88 Å². The highest BCUT2D eigenvalue weighted by Crippen LogP contribution is 2.32. The summed E-state index contributed by atoms with van der Waals surface area (Å²) >= 11 is 0. The molecular formula is C28H46N4O5. The third-order valence-corrected chi connectivity index (χ3v) is 7.19. The van der Waals surface area contributed by atoms with Crippen LogP contribution in [-0.2, 0) is 14.3 Å². The van der Waals surface area contributed by atoms with Gasteiger partial charge < -0.3 is 19.7 Å². The van der Waals surface area contributed by atoms with Gasteiger partial charge in [0.2, 0.25) is 5.88 Å². The second-order valence-electron chi connectivity index (χ2n) is 10.4. The Morgan fingerprint density at radius 2 is 1.54 bits per heavy atom. The first-order valence-electron chi connectivity index (χ1n) is 14.5. The fourth-order valence-electron chi connectivity index (χ4n) is 5.01. The molecule has 0 bridgehead atoms. The number of aliphatic hydroxyl groups is 1. The molecule has 9 nitrogen and oxygen atoms in total. The van der Waals surface area contributed by atoms with Crippen LogP contribution in [0.2, 0.25) is 0 Å². The van der Waals surface area contributed by atoms with Crippen molar-refractivity contribution in [3.63, 3.8) is 0 Å². The standard InChI is InChI=1S/C28H46N4O5/c1-2-3-4-5-6-7-8-9-10-11-12-13-14-15-16-17-24(34)36-19-22-18-23(33)28(37-22)32-21-31-25-26(32)29-20-30-27(25)35/h20-23,28,33H,2-19H2,1H3,(H,29,30,35)/t22-,23+,28+/m0/s1. The van der Waals surface area contributed by atoms with E-state index in [1.165, 1.54) is 96.1 Å². The van der Waals surface area contributed by atoms with E-state index in [0.29, 0.717) is 18.5 Å². The van der Waals surface area contributed by atoms with Crippen LogP contribution in [0.4, 0.5) is 0 Å². The first kappa shape index (κ1) is 29.3. The Morgan fingerprint density at radius 1 is 0.946 bits per heavy atom. The summed E-state index contributed by atoms with van der Waals surface area (Å²) < 4.78 is 12.9. The molecule has 1 fully saturated rings. The van der Waals surface area contributed by atoms with Crippen LogP contribution >= 0.6 is 0 Å². The molecule has 0 unspecified atom stereocenters. The molecule has 0 saturated carbocycles. The molecule has 0 aromatic carbocycles. The van der Waals surface area contributed by atoms with Crippen LogP contribution in [0.3, 0.4) is 0 Å². The van der Waals surface area contributed by atoms with Gasteiger partial charge in [-0.05, 0) is 6.42 Å². The highest BCUT2D eigenvalue weighted by Gasteiger charge is 2.37. The van der Waals surface area contributed by atoms with Crippen molar-refractivity contribution in [2.24, 2.45) is 0 Å². The zero-order valence-electron chi connectivity index (χ0n) is 22.5. The van der Waals surface area contributed by atoms with E-state index in [1.54, 1.807) is 4.57 Å². The number of ether oxygens (including phenoxy) is 2. The van der Waals surface area contributed by atoms with Crippen LogP contribution in [-0.4, -0.2) is 54.5 Å². The zero-order valence-corrected chi connectivity index (χ0v) is 22.5. The Kier molecular flexibility index (Phi) is 13.1. The molecule has 0 aliphatic carbocycles. The van der Waals surface area contributed by atoms with Crippen molar-refractivity contribution in [3.05, 3.63) is 12.7 Å². The van der Waals surface area contributed by atoms with Gasteiger partial charge in [-0.3, -0.25) is 9.36 Å². The summed E-state index contributed by atoms with van der Waals surface area (Å²) in [6.07, 6.45) is 20.9. The van der Waals surface area contributed by atoms with E-state index in [2.05, 4.69) is 21.9 Å². The summed E-state index contributed by atoms with van der Waals surface area (Å²) in [4.78, 5) is 24.1. The second-order valence-corrected chi connectivity index (χ2v) is 10.4. The lowest BCUT2D eigenvalue weighted by Gasteiger charge is -2.16. The number of carbonyl (C=O) groups is 1. The molecule has 208 valence electrons. The summed E-state index contributed by atoms with van der Waals surface area (Å²) in [5.74, 6) is -0.442. The molecule has 1 saturated heterocycles. The Bertz CT molecular complexity index is 921. The van der Waals surface area contributed by atoms with Crippen molar-refractivity contribution in [2.75, 3.05) is 6.61 Å². The monoisotopic (exact) mass is 518 g/mol. The van der Waals surface area contributed by atoms with Crippen LogP contribution < -0.4 is 0 Å². The number of unbranched alkanes of at least 4 members (excludes halogenated alkanes) is 14. The maximum absolute atomic E-state index is 12.1. The molecule has 37 heavy (non-hydrogen) atoms. The quantitative estimate of drug-likeness (QED) is 0.172. The van der Waals surface area contributed by atoms with Crippen LogP contribution in [0.25, 0.3) is 11.2 Å². The largest absolute Gasteiger partial charge is 0.492 e. The van der Waals surface area contributed by atoms with Crippen molar-refractivity contribution in [1.29, 1.82) is 0 Å². The molecule has 1 aliphatic rings. The minimum Gasteiger partial charge on any atom is -0.492 e. The minimum atomic E-state index is -0.797. The number of aromatic hydroxyl groups is 1. The fraction of sp³-hybridized carbons (Fsp3) is 0.786. The van der Waals surface area contributed by atoms with Gasteiger partial charge in [-0.15, -0.1) is 0 Å². The van der Waals surface area contributed by atoms with Gasteiger partial charge in [0.15, 0.2) is 17.4 Å². The lowest BCUT2D eigenvalue weighted by atomic mass is 10.0. The zero-order chi connectivity index (χ0) is 26.3. The number of nitrogens with zero attached hydrogens (tertiary/aromatic N) is 4. The minimum absolute atomic E-state index is 0.109. The molecule has 0 radical (unpaired) electrons. The molecule has 2 N–H and O–H groups in total. The van der Waals surface area contributed by atoms with Gasteiger partial charge in [-0.25, -0.2) is 9.97 Å². The first-order chi connectivity index (χ1) is 18.1. The normalized spacial score (nSPS) is 19.6. The predicted octanol–water partition coefficient (Wildman–Crippen LogP) is 5.99. The molecule has 3 atom stereocenters. The summed E-state index contributed by atoms with van der Waals surface area (Å²) in [6.45, 7) is 2.37. The van der Waals surface area contributed by atoms with E-state index < -0.39 is 18.4 Å². The average Bonchev–Trinajstić information content (AvgIpc) is 3.48. The fourth-order valence-corrected chi connectivity index (χ4v) is 5.01. The Morgan fingerprint density at radius 3 is 2.16 bits per heavy atom. The highest BCUT2D eigenvalue weighted by molar-refractivity contribution is 5.75. The van der Waals surface area contributed by atoms with Crippen LogP contribution in [0.1, 0.15) is 122 Å². The third kappa shape index (κ3) is 9.85. The lowest BCUT2D eigenvalue weighted by molar-refractivity contribution is -0.148. The SMILES string of the molecule is CCCCCCCCCCCCCCCCCC(=O)OC[C@@H]1C[C@@H](O)[C@H](n2cnc3c(O)ncnc32)O1. The van der Waals surface area contributed by atoms with Gasteiger partial charge >= 0.3 is 5.97 Å². The number of esters is 1. The molecule has 3 rings (SSSR count). The van der Waals surface area contributed by atoms with Crippen LogP contribution in [0, 0.1) is 0 Å². The topological polar surface area (TPSA) is 120 Å². The Hall–Kier alpha value is -2.26. The summed E-state index contributed by atoms with van der Waals surface area (Å²) in [7, 11) is 0. The Labute approximate surface area is 221 Å². The van der Waals surface area contributed by atoms with Gasteiger partial charge in [-0.2, -0.15) is 4.98 Å². The van der Waals surface area contributed by atoms with Crippen LogP contribution in [0.15, 0.2) is 12.7 Å². The summed E-state index contributed by atoms with van der Waals surface area (Å²) in [6, 6.07) is 0. The maximum Gasteiger partial charge on any atom is 0.305 e. The van der Waals surface area contributed by atoms with Gasteiger partial charge in [0.25, 0.3) is 0 Å². The van der Waals surface area contributed by atoms with E-state index in [-0.39, 0.29) is 24.0 Å². The van der Waals surface area contributed by atoms with E-state index in [0.717, 1.165) is 12.8 Å². The molecule has 0 amide bonds. The van der Waals surface area contributed by atoms with E-state index in [4.69, 9.17) is 9.47 Å². The predicted molar refractivity (Wildman–Crippen MR) is 142 cm³/mol. The van der Waals surface area contributed by atoms with E-state index in [1.807, 2.05) is 0 Å². The van der Waals surface area contributed by atoms with Gasteiger partial charge in [-0.1, -0.05) is 96.8 Å².